The summed E-state index contributed by atoms with van der Waals surface area (Å²) in [5, 5.41) is 15.5. The molecule has 1 aromatic rings. The number of carbonyl (C=O) groups is 2. The topological polar surface area (TPSA) is 78.4 Å². The van der Waals surface area contributed by atoms with Crippen molar-refractivity contribution in [3.05, 3.63) is 29.8 Å². The fraction of sp³-hybridized carbons (Fsp3) is 0.529. The van der Waals surface area contributed by atoms with E-state index in [9.17, 15) is 14.7 Å². The lowest BCUT2D eigenvalue weighted by Crippen LogP contribution is -2.36. The maximum absolute atomic E-state index is 12.1. The molecule has 122 valence electrons. The van der Waals surface area contributed by atoms with E-state index >= 15 is 0 Å². The van der Waals surface area contributed by atoms with Crippen LogP contribution in [0.1, 0.15) is 50.4 Å². The summed E-state index contributed by atoms with van der Waals surface area (Å²) in [6.07, 6.45) is 1.61. The van der Waals surface area contributed by atoms with Gasteiger partial charge in [0, 0.05) is 24.2 Å². The molecular formula is C17H26N2O3. The first-order valence-electron chi connectivity index (χ1n) is 7.87. The number of hydrogen-bond donors (Lipinski definition) is 3. The number of rotatable bonds is 8. The molecule has 5 nitrogen and oxygen atoms in total. The minimum Gasteiger partial charge on any atom is -0.391 e. The summed E-state index contributed by atoms with van der Waals surface area (Å²) < 4.78 is 0. The van der Waals surface area contributed by atoms with Crippen molar-refractivity contribution in [2.75, 3.05) is 11.9 Å². The van der Waals surface area contributed by atoms with Gasteiger partial charge in [-0.05, 0) is 24.1 Å². The number of carbonyl (C=O) groups excluding carboxylic acids is 2. The lowest BCUT2D eigenvalue weighted by atomic mass is 9.96. The van der Waals surface area contributed by atoms with Crippen molar-refractivity contribution in [3.63, 3.8) is 0 Å². The van der Waals surface area contributed by atoms with Crippen LogP contribution in [-0.4, -0.2) is 29.6 Å². The van der Waals surface area contributed by atoms with Crippen molar-refractivity contribution >= 4 is 17.5 Å². The Bertz CT molecular complexity index is 498. The highest BCUT2D eigenvalue weighted by Gasteiger charge is 2.16. The molecule has 0 aliphatic heterocycles. The number of aliphatic hydroxyl groups is 1. The fourth-order valence-electron chi connectivity index (χ4n) is 2.29. The largest absolute Gasteiger partial charge is 0.391 e. The van der Waals surface area contributed by atoms with Gasteiger partial charge >= 0.3 is 0 Å². The van der Waals surface area contributed by atoms with E-state index in [-0.39, 0.29) is 24.3 Å². The van der Waals surface area contributed by atoms with Crippen LogP contribution in [0.4, 0.5) is 5.69 Å². The van der Waals surface area contributed by atoms with Crippen LogP contribution in [0.5, 0.6) is 0 Å². The highest BCUT2D eigenvalue weighted by molar-refractivity contribution is 5.97. The highest BCUT2D eigenvalue weighted by atomic mass is 16.3. The summed E-state index contributed by atoms with van der Waals surface area (Å²) in [4.78, 5) is 23.5. The van der Waals surface area contributed by atoms with Crippen LogP contribution in [0.2, 0.25) is 0 Å². The molecule has 0 aliphatic rings. The van der Waals surface area contributed by atoms with E-state index in [1.165, 1.54) is 0 Å². The molecule has 0 aliphatic carbocycles. The van der Waals surface area contributed by atoms with E-state index < -0.39 is 6.10 Å². The van der Waals surface area contributed by atoms with E-state index in [1.807, 2.05) is 13.8 Å². The molecule has 1 aromatic carbocycles. The molecule has 0 heterocycles. The van der Waals surface area contributed by atoms with Crippen LogP contribution < -0.4 is 10.6 Å². The summed E-state index contributed by atoms with van der Waals surface area (Å²) in [5.41, 5.74) is 1.06. The Morgan fingerprint density at radius 2 is 1.86 bits per heavy atom. The number of benzene rings is 1. The van der Waals surface area contributed by atoms with Gasteiger partial charge in [-0.3, -0.25) is 9.59 Å². The van der Waals surface area contributed by atoms with Crippen LogP contribution in [0.25, 0.3) is 0 Å². The first-order chi connectivity index (χ1) is 10.5. The minimum atomic E-state index is -0.540. The van der Waals surface area contributed by atoms with Crippen LogP contribution >= 0.6 is 0 Å². The minimum absolute atomic E-state index is 0.0956. The fourth-order valence-corrected chi connectivity index (χ4v) is 2.29. The highest BCUT2D eigenvalue weighted by Crippen LogP contribution is 2.13. The number of aliphatic hydroxyl groups excluding tert-OH is 1. The number of hydrogen-bond acceptors (Lipinski definition) is 3. The third-order valence-corrected chi connectivity index (χ3v) is 3.79. The molecule has 0 radical (unpaired) electrons. The van der Waals surface area contributed by atoms with Crippen molar-refractivity contribution < 1.29 is 14.7 Å². The smallest absolute Gasteiger partial charge is 0.251 e. The van der Waals surface area contributed by atoms with E-state index in [2.05, 4.69) is 10.6 Å². The Hall–Kier alpha value is -1.88. The van der Waals surface area contributed by atoms with Crippen molar-refractivity contribution in [2.45, 2.75) is 46.1 Å². The summed E-state index contributed by atoms with van der Waals surface area (Å²) in [6.45, 7) is 6.06. The van der Waals surface area contributed by atoms with Gasteiger partial charge in [-0.1, -0.05) is 39.7 Å². The predicted molar refractivity (Wildman–Crippen MR) is 87.8 cm³/mol. The third-order valence-electron chi connectivity index (χ3n) is 3.79. The van der Waals surface area contributed by atoms with Gasteiger partial charge in [0.15, 0.2) is 0 Å². The summed E-state index contributed by atoms with van der Waals surface area (Å²) in [5.74, 6) is -0.158. The third kappa shape index (κ3) is 5.48. The van der Waals surface area contributed by atoms with E-state index in [0.717, 1.165) is 12.8 Å². The molecule has 1 unspecified atom stereocenters. The van der Waals surface area contributed by atoms with Crippen molar-refractivity contribution in [3.8, 4) is 0 Å². The zero-order valence-electron chi connectivity index (χ0n) is 13.6. The lowest BCUT2D eigenvalue weighted by Gasteiger charge is -2.20. The summed E-state index contributed by atoms with van der Waals surface area (Å²) in [7, 11) is 0. The quantitative estimate of drug-likeness (QED) is 0.690. The zero-order valence-corrected chi connectivity index (χ0v) is 13.6. The van der Waals surface area contributed by atoms with Gasteiger partial charge in [0.05, 0.1) is 6.10 Å². The van der Waals surface area contributed by atoms with E-state index in [1.54, 1.807) is 31.2 Å². The van der Waals surface area contributed by atoms with E-state index in [4.69, 9.17) is 0 Å². The van der Waals surface area contributed by atoms with Crippen LogP contribution in [0.3, 0.4) is 0 Å². The Morgan fingerprint density at radius 1 is 1.18 bits per heavy atom. The average molecular weight is 306 g/mol. The van der Waals surface area contributed by atoms with Gasteiger partial charge in [-0.25, -0.2) is 0 Å². The molecule has 22 heavy (non-hydrogen) atoms. The zero-order chi connectivity index (χ0) is 16.5. The van der Waals surface area contributed by atoms with Crippen LogP contribution in [0.15, 0.2) is 24.3 Å². The van der Waals surface area contributed by atoms with Gasteiger partial charge in [-0.15, -0.1) is 0 Å². The number of anilines is 1. The average Bonchev–Trinajstić information content (AvgIpc) is 2.53. The predicted octanol–water partition coefficient (Wildman–Crippen LogP) is 2.56. The molecule has 0 saturated heterocycles. The monoisotopic (exact) mass is 306 g/mol. The molecule has 1 rings (SSSR count). The second-order valence-electron chi connectivity index (χ2n) is 5.34. The first kappa shape index (κ1) is 18.2. The molecule has 0 aromatic heterocycles. The Kier molecular flexibility index (Phi) is 7.60. The number of nitrogens with one attached hydrogen (secondary N) is 2. The summed E-state index contributed by atoms with van der Waals surface area (Å²) in [6, 6.07) is 6.77. The van der Waals surface area contributed by atoms with Crippen LogP contribution in [-0.2, 0) is 4.79 Å². The van der Waals surface area contributed by atoms with Gasteiger partial charge in [0.1, 0.15) is 0 Å². The van der Waals surface area contributed by atoms with Gasteiger partial charge in [-0.2, -0.15) is 0 Å². The second-order valence-corrected chi connectivity index (χ2v) is 5.34. The molecule has 0 saturated carbocycles. The SMILES string of the molecule is CCC(=O)Nc1cccc(C(=O)NCC(O)C(CC)CC)c1. The van der Waals surface area contributed by atoms with Gasteiger partial charge < -0.3 is 15.7 Å². The normalized spacial score (nSPS) is 12.0. The van der Waals surface area contributed by atoms with Crippen molar-refractivity contribution in [1.29, 1.82) is 0 Å². The van der Waals surface area contributed by atoms with Crippen molar-refractivity contribution in [2.24, 2.45) is 5.92 Å². The maximum atomic E-state index is 12.1. The molecule has 2 amide bonds. The summed E-state index contributed by atoms with van der Waals surface area (Å²) >= 11 is 0. The standard InChI is InChI=1S/C17H26N2O3/c1-4-12(5-2)15(20)11-18-17(22)13-8-7-9-14(10-13)19-16(21)6-3/h7-10,12,15,20H,4-6,11H2,1-3H3,(H,18,22)(H,19,21). The van der Waals surface area contributed by atoms with Gasteiger partial charge in [0.25, 0.3) is 5.91 Å². The molecule has 0 spiro atoms. The lowest BCUT2D eigenvalue weighted by molar-refractivity contribution is -0.115. The maximum Gasteiger partial charge on any atom is 0.251 e. The van der Waals surface area contributed by atoms with Crippen LogP contribution in [0, 0.1) is 5.92 Å². The Balaban J connectivity index is 2.62. The Morgan fingerprint density at radius 3 is 2.45 bits per heavy atom. The molecule has 0 bridgehead atoms. The van der Waals surface area contributed by atoms with Gasteiger partial charge in [0.2, 0.25) is 5.91 Å². The van der Waals surface area contributed by atoms with Crippen molar-refractivity contribution in [1.82, 2.24) is 5.32 Å². The van der Waals surface area contributed by atoms with E-state index in [0.29, 0.717) is 17.7 Å². The molecule has 1 atom stereocenters. The molecule has 5 heteroatoms. The molecular weight excluding hydrogens is 280 g/mol. The number of amides is 2. The first-order valence-corrected chi connectivity index (χ1v) is 7.87. The Labute approximate surface area is 132 Å². The molecule has 0 fully saturated rings. The second kappa shape index (κ2) is 9.20. The molecule has 3 N–H and O–H groups in total.